The zero-order valence-electron chi connectivity index (χ0n) is 6.72. The highest BCUT2D eigenvalue weighted by Crippen LogP contribution is 1.70. The van der Waals surface area contributed by atoms with E-state index in [9.17, 15) is 4.79 Å². The summed E-state index contributed by atoms with van der Waals surface area (Å²) in [7, 11) is 1.56. The molecule has 0 aliphatic rings. The van der Waals surface area contributed by atoms with Gasteiger partial charge in [0.15, 0.2) is 0 Å². The first-order valence-electron chi connectivity index (χ1n) is 3.52. The number of amides is 1. The zero-order valence-corrected chi connectivity index (χ0v) is 6.72. The van der Waals surface area contributed by atoms with Crippen LogP contribution in [0.2, 0.25) is 0 Å². The smallest absolute Gasteiger partial charge is 0.218 e. The summed E-state index contributed by atoms with van der Waals surface area (Å²) < 4.78 is 0. The van der Waals surface area contributed by atoms with Crippen molar-refractivity contribution in [2.45, 2.75) is 6.42 Å². The summed E-state index contributed by atoms with van der Waals surface area (Å²) in [6.07, 6.45) is 0.382. The fraction of sp³-hybridized carbons (Fsp3) is 0.833. The quantitative estimate of drug-likeness (QED) is 0.317. The highest BCUT2D eigenvalue weighted by atomic mass is 16.6. The molecule has 0 aromatic rings. The van der Waals surface area contributed by atoms with Crippen molar-refractivity contribution in [2.75, 3.05) is 26.7 Å². The van der Waals surface area contributed by atoms with Crippen LogP contribution in [0.1, 0.15) is 6.42 Å². The summed E-state index contributed by atoms with van der Waals surface area (Å²) >= 11 is 0. The van der Waals surface area contributed by atoms with Gasteiger partial charge in [-0.25, -0.2) is 5.48 Å². The minimum Gasteiger partial charge on any atom is -0.370 e. The van der Waals surface area contributed by atoms with Crippen molar-refractivity contribution in [3.63, 3.8) is 0 Å². The van der Waals surface area contributed by atoms with Crippen LogP contribution in [0, 0.1) is 0 Å². The Labute approximate surface area is 66.2 Å². The number of carbonyl (C=O) groups is 1. The number of hydrogen-bond donors (Lipinski definition) is 3. The van der Waals surface area contributed by atoms with E-state index >= 15 is 0 Å². The molecule has 0 aliphatic heterocycles. The standard InChI is InChI=1S/C6H15N3O2/c1-11-9-5-4-8-3-2-6(7)10/h8-9H,2-5H2,1H3,(H2,7,10). The molecule has 4 N–H and O–H groups in total. The summed E-state index contributed by atoms with van der Waals surface area (Å²) in [6.45, 7) is 2.11. The minimum absolute atomic E-state index is 0.280. The SMILES string of the molecule is CONCCNCCC(N)=O. The van der Waals surface area contributed by atoms with Gasteiger partial charge in [0.25, 0.3) is 0 Å². The average Bonchev–Trinajstić information content (AvgIpc) is 1.96. The first kappa shape index (κ1) is 10.3. The van der Waals surface area contributed by atoms with E-state index in [-0.39, 0.29) is 5.91 Å². The molecule has 0 saturated heterocycles. The van der Waals surface area contributed by atoms with Crippen molar-refractivity contribution in [3.8, 4) is 0 Å². The molecule has 0 atom stereocenters. The predicted molar refractivity (Wildman–Crippen MR) is 41.7 cm³/mol. The summed E-state index contributed by atoms with van der Waals surface area (Å²) in [4.78, 5) is 14.8. The summed E-state index contributed by atoms with van der Waals surface area (Å²) in [5, 5.41) is 3.01. The fourth-order valence-electron chi connectivity index (χ4n) is 0.578. The van der Waals surface area contributed by atoms with Crippen LogP contribution in [0.4, 0.5) is 0 Å². The Bertz CT molecular complexity index is 108. The Kier molecular flexibility index (Phi) is 7.02. The van der Waals surface area contributed by atoms with Gasteiger partial charge in [0, 0.05) is 26.1 Å². The lowest BCUT2D eigenvalue weighted by molar-refractivity contribution is -0.117. The van der Waals surface area contributed by atoms with Crippen LogP contribution in [0.3, 0.4) is 0 Å². The van der Waals surface area contributed by atoms with E-state index < -0.39 is 0 Å². The monoisotopic (exact) mass is 161 g/mol. The van der Waals surface area contributed by atoms with E-state index in [1.165, 1.54) is 0 Å². The molecule has 0 unspecified atom stereocenters. The Morgan fingerprint density at radius 2 is 2.18 bits per heavy atom. The van der Waals surface area contributed by atoms with Crippen LogP contribution in [0.25, 0.3) is 0 Å². The van der Waals surface area contributed by atoms with Crippen LogP contribution >= 0.6 is 0 Å². The molecule has 0 saturated carbocycles. The molecular weight excluding hydrogens is 146 g/mol. The fourth-order valence-corrected chi connectivity index (χ4v) is 0.578. The molecule has 1 amide bonds. The maximum atomic E-state index is 10.2. The summed E-state index contributed by atoms with van der Waals surface area (Å²) in [6, 6.07) is 0. The van der Waals surface area contributed by atoms with Crippen molar-refractivity contribution >= 4 is 5.91 Å². The second-order valence-electron chi connectivity index (χ2n) is 2.06. The van der Waals surface area contributed by atoms with Gasteiger partial charge in [-0.2, -0.15) is 0 Å². The Morgan fingerprint density at radius 1 is 1.45 bits per heavy atom. The lowest BCUT2D eigenvalue weighted by atomic mass is 10.4. The second-order valence-corrected chi connectivity index (χ2v) is 2.06. The molecule has 0 heterocycles. The number of rotatable bonds is 7. The lowest BCUT2D eigenvalue weighted by Crippen LogP contribution is -2.29. The minimum atomic E-state index is -0.280. The number of hydroxylamine groups is 1. The largest absolute Gasteiger partial charge is 0.370 e. The molecule has 0 radical (unpaired) electrons. The molecule has 0 rings (SSSR count). The van der Waals surface area contributed by atoms with Crippen LogP contribution in [0.15, 0.2) is 0 Å². The van der Waals surface area contributed by atoms with Gasteiger partial charge in [-0.05, 0) is 0 Å². The number of primary amides is 1. The summed E-state index contributed by atoms with van der Waals surface area (Å²) in [5.74, 6) is -0.280. The van der Waals surface area contributed by atoms with Gasteiger partial charge in [0.2, 0.25) is 5.91 Å². The van der Waals surface area contributed by atoms with Crippen molar-refractivity contribution in [2.24, 2.45) is 5.73 Å². The van der Waals surface area contributed by atoms with Crippen molar-refractivity contribution in [1.29, 1.82) is 0 Å². The first-order chi connectivity index (χ1) is 5.27. The lowest BCUT2D eigenvalue weighted by Gasteiger charge is -2.02. The maximum absolute atomic E-state index is 10.2. The summed E-state index contributed by atoms with van der Waals surface area (Å²) in [5.41, 5.74) is 7.57. The third-order valence-electron chi connectivity index (χ3n) is 1.10. The van der Waals surface area contributed by atoms with Gasteiger partial charge in [0.05, 0.1) is 7.11 Å². The molecule has 11 heavy (non-hydrogen) atoms. The van der Waals surface area contributed by atoms with Gasteiger partial charge in [-0.15, -0.1) is 0 Å². The van der Waals surface area contributed by atoms with Gasteiger partial charge >= 0.3 is 0 Å². The van der Waals surface area contributed by atoms with E-state index in [1.807, 2.05) is 0 Å². The van der Waals surface area contributed by atoms with Gasteiger partial charge in [-0.3, -0.25) is 4.79 Å². The molecule has 0 fully saturated rings. The van der Waals surface area contributed by atoms with Crippen molar-refractivity contribution in [3.05, 3.63) is 0 Å². The van der Waals surface area contributed by atoms with Crippen LogP contribution in [-0.2, 0) is 9.63 Å². The highest BCUT2D eigenvalue weighted by Gasteiger charge is 1.91. The normalized spacial score (nSPS) is 9.91. The van der Waals surface area contributed by atoms with Crippen LogP contribution in [-0.4, -0.2) is 32.7 Å². The maximum Gasteiger partial charge on any atom is 0.218 e. The molecule has 0 aromatic heterocycles. The average molecular weight is 161 g/mol. The van der Waals surface area contributed by atoms with Crippen LogP contribution < -0.4 is 16.5 Å². The molecule has 0 spiro atoms. The number of hydrogen-bond acceptors (Lipinski definition) is 4. The van der Waals surface area contributed by atoms with Gasteiger partial charge in [0.1, 0.15) is 0 Å². The number of nitrogens with two attached hydrogens (primary N) is 1. The zero-order chi connectivity index (χ0) is 8.53. The van der Waals surface area contributed by atoms with Crippen molar-refractivity contribution < 1.29 is 9.63 Å². The van der Waals surface area contributed by atoms with Crippen LogP contribution in [0.5, 0.6) is 0 Å². The Hall–Kier alpha value is -0.650. The Balaban J connectivity index is 2.85. The van der Waals surface area contributed by atoms with E-state index in [0.717, 1.165) is 13.1 Å². The van der Waals surface area contributed by atoms with Gasteiger partial charge in [-0.1, -0.05) is 0 Å². The Morgan fingerprint density at radius 3 is 2.73 bits per heavy atom. The topological polar surface area (TPSA) is 76.4 Å². The van der Waals surface area contributed by atoms with E-state index in [4.69, 9.17) is 5.73 Å². The molecule has 0 bridgehead atoms. The predicted octanol–water partition coefficient (Wildman–Crippen LogP) is -1.40. The second kappa shape index (κ2) is 7.46. The third kappa shape index (κ3) is 9.35. The van der Waals surface area contributed by atoms with Crippen molar-refractivity contribution in [1.82, 2.24) is 10.8 Å². The molecule has 5 heteroatoms. The number of carbonyl (C=O) groups excluding carboxylic acids is 1. The van der Waals surface area contributed by atoms with E-state index in [1.54, 1.807) is 7.11 Å². The number of nitrogens with one attached hydrogen (secondary N) is 2. The third-order valence-corrected chi connectivity index (χ3v) is 1.10. The highest BCUT2D eigenvalue weighted by molar-refractivity contribution is 5.73. The molecular formula is C6H15N3O2. The van der Waals surface area contributed by atoms with Gasteiger partial charge < -0.3 is 15.9 Å². The molecule has 66 valence electrons. The van der Waals surface area contributed by atoms with E-state index in [0.29, 0.717) is 13.0 Å². The molecule has 0 aliphatic carbocycles. The first-order valence-corrected chi connectivity index (χ1v) is 3.52. The molecule has 0 aromatic carbocycles. The van der Waals surface area contributed by atoms with E-state index in [2.05, 4.69) is 15.6 Å². The molecule has 5 nitrogen and oxygen atoms in total.